The third kappa shape index (κ3) is 5.84. The molecule has 1 aliphatic heterocycles. The molecule has 0 radical (unpaired) electrons. The van der Waals surface area contributed by atoms with Gasteiger partial charge in [-0.3, -0.25) is 0 Å². The summed E-state index contributed by atoms with van der Waals surface area (Å²) in [5, 5.41) is 10.6. The zero-order chi connectivity index (χ0) is 8.69. The zero-order valence-electron chi connectivity index (χ0n) is 7.42. The normalized spacial score (nSPS) is 29.6. The molecule has 3 heteroatoms. The number of morpholine rings is 1. The Kier molecular flexibility index (Phi) is 5.81. The van der Waals surface area contributed by atoms with Crippen molar-refractivity contribution < 1.29 is 4.74 Å². The summed E-state index contributed by atoms with van der Waals surface area (Å²) in [7, 11) is 0. The van der Waals surface area contributed by atoms with Gasteiger partial charge in [-0.1, -0.05) is 0 Å². The summed E-state index contributed by atoms with van der Waals surface area (Å²) in [6.45, 7) is 7.61. The van der Waals surface area contributed by atoms with Crippen LogP contribution in [-0.4, -0.2) is 25.3 Å². The van der Waals surface area contributed by atoms with Gasteiger partial charge in [0.05, 0.1) is 18.3 Å². The van der Waals surface area contributed by atoms with Gasteiger partial charge in [0.25, 0.3) is 0 Å². The number of nitrogens with one attached hydrogen (secondary N) is 1. The molecule has 0 aromatic rings. The van der Waals surface area contributed by atoms with Crippen LogP contribution in [0.25, 0.3) is 0 Å². The zero-order valence-corrected chi connectivity index (χ0v) is 7.42. The van der Waals surface area contributed by atoms with Crippen molar-refractivity contribution in [3.8, 4) is 6.07 Å². The third-order valence-corrected chi connectivity index (χ3v) is 1.33. The first-order valence-electron chi connectivity index (χ1n) is 3.87. The Bertz CT molecular complexity index is 123. The van der Waals surface area contributed by atoms with Gasteiger partial charge in [-0.05, 0) is 13.8 Å². The number of ether oxygens (including phenoxy) is 1. The van der Waals surface area contributed by atoms with Crippen LogP contribution in [0, 0.1) is 11.3 Å². The van der Waals surface area contributed by atoms with Gasteiger partial charge in [0.15, 0.2) is 0 Å². The van der Waals surface area contributed by atoms with Crippen LogP contribution in [0.3, 0.4) is 0 Å². The molecule has 3 nitrogen and oxygen atoms in total. The largest absolute Gasteiger partial charge is 0.373 e. The molecule has 0 unspecified atom stereocenters. The molecule has 2 atom stereocenters. The molecule has 1 heterocycles. The van der Waals surface area contributed by atoms with Crippen molar-refractivity contribution in [2.45, 2.75) is 33.0 Å². The van der Waals surface area contributed by atoms with E-state index in [1.54, 1.807) is 6.07 Å². The van der Waals surface area contributed by atoms with E-state index in [0.717, 1.165) is 13.1 Å². The van der Waals surface area contributed by atoms with Gasteiger partial charge in [-0.2, -0.15) is 5.26 Å². The lowest BCUT2D eigenvalue weighted by Crippen LogP contribution is -2.41. The second kappa shape index (κ2) is 6.14. The molecule has 0 aromatic carbocycles. The van der Waals surface area contributed by atoms with Crippen molar-refractivity contribution in [2.75, 3.05) is 13.1 Å². The Morgan fingerprint density at radius 1 is 1.36 bits per heavy atom. The molecule has 11 heavy (non-hydrogen) atoms. The van der Waals surface area contributed by atoms with E-state index in [1.807, 2.05) is 0 Å². The van der Waals surface area contributed by atoms with Crippen LogP contribution in [0.1, 0.15) is 20.8 Å². The van der Waals surface area contributed by atoms with E-state index in [0.29, 0.717) is 12.2 Å². The highest BCUT2D eigenvalue weighted by molar-refractivity contribution is 4.66. The predicted molar refractivity (Wildman–Crippen MR) is 44.2 cm³/mol. The van der Waals surface area contributed by atoms with Gasteiger partial charge < -0.3 is 10.1 Å². The van der Waals surface area contributed by atoms with E-state index >= 15 is 0 Å². The minimum absolute atomic E-state index is 0.402. The topological polar surface area (TPSA) is 45.0 Å². The SMILES string of the molecule is CC#N.C[C@@H]1CNC[C@H](C)O1. The van der Waals surface area contributed by atoms with Crippen molar-refractivity contribution in [1.29, 1.82) is 5.26 Å². The van der Waals surface area contributed by atoms with Crippen LogP contribution in [0.2, 0.25) is 0 Å². The molecular weight excluding hydrogens is 140 g/mol. The summed E-state index contributed by atoms with van der Waals surface area (Å²) in [6.07, 6.45) is 0.803. The lowest BCUT2D eigenvalue weighted by molar-refractivity contribution is -0.0166. The Morgan fingerprint density at radius 3 is 1.91 bits per heavy atom. The molecule has 0 bridgehead atoms. The fourth-order valence-electron chi connectivity index (χ4n) is 0.983. The number of hydrogen-bond acceptors (Lipinski definition) is 3. The molecule has 1 fully saturated rings. The summed E-state index contributed by atoms with van der Waals surface area (Å²) in [5.41, 5.74) is 0. The van der Waals surface area contributed by atoms with Crippen molar-refractivity contribution in [3.63, 3.8) is 0 Å². The molecule has 1 rings (SSSR count). The number of hydrogen-bond donors (Lipinski definition) is 1. The van der Waals surface area contributed by atoms with Crippen molar-refractivity contribution in [2.24, 2.45) is 0 Å². The van der Waals surface area contributed by atoms with Crippen LogP contribution in [-0.2, 0) is 4.74 Å². The minimum Gasteiger partial charge on any atom is -0.373 e. The highest BCUT2D eigenvalue weighted by Gasteiger charge is 2.12. The van der Waals surface area contributed by atoms with Crippen LogP contribution < -0.4 is 5.32 Å². The van der Waals surface area contributed by atoms with Crippen LogP contribution in [0.5, 0.6) is 0 Å². The van der Waals surface area contributed by atoms with E-state index in [4.69, 9.17) is 10.00 Å². The molecule has 1 saturated heterocycles. The van der Waals surface area contributed by atoms with Gasteiger partial charge in [-0.15, -0.1) is 0 Å². The Morgan fingerprint density at radius 2 is 1.73 bits per heavy atom. The van der Waals surface area contributed by atoms with Crippen LogP contribution >= 0.6 is 0 Å². The molecule has 0 saturated carbocycles. The monoisotopic (exact) mass is 156 g/mol. The summed E-state index contributed by atoms with van der Waals surface area (Å²) in [4.78, 5) is 0. The average molecular weight is 156 g/mol. The Labute approximate surface area is 68.3 Å². The standard InChI is InChI=1S/C6H13NO.C2H3N/c1-5-3-7-4-6(2)8-5;1-2-3/h5-7H,3-4H2,1-2H3;1H3/t5-,6+;. The van der Waals surface area contributed by atoms with E-state index < -0.39 is 0 Å². The summed E-state index contributed by atoms with van der Waals surface area (Å²) in [5.74, 6) is 0. The number of rotatable bonds is 0. The van der Waals surface area contributed by atoms with Crippen LogP contribution in [0.15, 0.2) is 0 Å². The van der Waals surface area contributed by atoms with Gasteiger partial charge in [-0.25, -0.2) is 0 Å². The molecule has 1 N–H and O–H groups in total. The lowest BCUT2D eigenvalue weighted by Gasteiger charge is -2.25. The van der Waals surface area contributed by atoms with Crippen molar-refractivity contribution in [3.05, 3.63) is 0 Å². The second-order valence-electron chi connectivity index (χ2n) is 2.64. The molecule has 0 amide bonds. The average Bonchev–Trinajstić information content (AvgIpc) is 1.88. The smallest absolute Gasteiger partial charge is 0.0675 e. The molecular formula is C8H16N2O. The molecule has 0 aliphatic carbocycles. The summed E-state index contributed by atoms with van der Waals surface area (Å²) >= 11 is 0. The first-order chi connectivity index (χ1) is 5.20. The lowest BCUT2D eigenvalue weighted by atomic mass is 10.3. The first-order valence-corrected chi connectivity index (χ1v) is 3.87. The third-order valence-electron chi connectivity index (χ3n) is 1.33. The summed E-state index contributed by atoms with van der Waals surface area (Å²) in [6, 6.07) is 1.75. The predicted octanol–water partition coefficient (Wildman–Crippen LogP) is 0.913. The molecule has 0 spiro atoms. The molecule has 1 aliphatic rings. The second-order valence-corrected chi connectivity index (χ2v) is 2.64. The van der Waals surface area contributed by atoms with Gasteiger partial charge in [0.1, 0.15) is 0 Å². The van der Waals surface area contributed by atoms with Gasteiger partial charge >= 0.3 is 0 Å². The van der Waals surface area contributed by atoms with E-state index in [2.05, 4.69) is 19.2 Å². The quantitative estimate of drug-likeness (QED) is 0.567. The van der Waals surface area contributed by atoms with Crippen molar-refractivity contribution >= 4 is 0 Å². The van der Waals surface area contributed by atoms with E-state index in [-0.39, 0.29) is 0 Å². The van der Waals surface area contributed by atoms with Crippen molar-refractivity contribution in [1.82, 2.24) is 5.32 Å². The minimum atomic E-state index is 0.402. The highest BCUT2D eigenvalue weighted by atomic mass is 16.5. The molecule has 0 aromatic heterocycles. The Hall–Kier alpha value is -0.590. The maximum Gasteiger partial charge on any atom is 0.0675 e. The number of nitriles is 1. The van der Waals surface area contributed by atoms with E-state index in [1.165, 1.54) is 6.92 Å². The van der Waals surface area contributed by atoms with E-state index in [9.17, 15) is 0 Å². The van der Waals surface area contributed by atoms with Gasteiger partial charge in [0.2, 0.25) is 0 Å². The van der Waals surface area contributed by atoms with Crippen LogP contribution in [0.4, 0.5) is 0 Å². The van der Waals surface area contributed by atoms with Gasteiger partial charge in [0, 0.05) is 20.0 Å². The maximum absolute atomic E-state index is 7.32. The summed E-state index contributed by atoms with van der Waals surface area (Å²) < 4.78 is 5.42. The maximum atomic E-state index is 7.32. The molecule has 64 valence electrons. The highest BCUT2D eigenvalue weighted by Crippen LogP contribution is 2.00. The first kappa shape index (κ1) is 10.4. The number of nitrogens with zero attached hydrogens (tertiary/aromatic N) is 1. The Balaban J connectivity index is 0.000000292. The fraction of sp³-hybridized carbons (Fsp3) is 0.875. The fourth-order valence-corrected chi connectivity index (χ4v) is 0.983.